The molecule has 1 saturated carbocycles. The minimum absolute atomic E-state index is 0.0140. The Morgan fingerprint density at radius 1 is 1.33 bits per heavy atom. The molecule has 1 amide bonds. The lowest BCUT2D eigenvalue weighted by atomic mass is 9.77. The molecule has 1 heterocycles. The van der Waals surface area contributed by atoms with Crippen LogP contribution in [-0.2, 0) is 9.53 Å². The lowest BCUT2D eigenvalue weighted by Gasteiger charge is -2.35. The van der Waals surface area contributed by atoms with E-state index in [-0.39, 0.29) is 24.0 Å². The second-order valence-corrected chi connectivity index (χ2v) is 5.95. The van der Waals surface area contributed by atoms with Crippen LogP contribution in [0.3, 0.4) is 0 Å². The van der Waals surface area contributed by atoms with Gasteiger partial charge in [-0.3, -0.25) is 4.79 Å². The Kier molecular flexibility index (Phi) is 4.62. The quantitative estimate of drug-likeness (QED) is 0.828. The van der Waals surface area contributed by atoms with Gasteiger partial charge in [0.25, 0.3) is 0 Å². The van der Waals surface area contributed by atoms with Crippen LogP contribution in [0.1, 0.15) is 39.0 Å². The number of nitrogens with zero attached hydrogens (tertiary/aromatic N) is 1. The molecule has 104 valence electrons. The molecule has 1 aliphatic carbocycles. The summed E-state index contributed by atoms with van der Waals surface area (Å²) in [4.78, 5) is 14.3. The topological polar surface area (TPSA) is 55.6 Å². The zero-order valence-corrected chi connectivity index (χ0v) is 11.6. The molecule has 4 unspecified atom stereocenters. The highest BCUT2D eigenvalue weighted by atomic mass is 16.5. The van der Waals surface area contributed by atoms with Crippen LogP contribution in [0.2, 0.25) is 0 Å². The third-order valence-corrected chi connectivity index (χ3v) is 4.49. The van der Waals surface area contributed by atoms with Crippen LogP contribution in [0.15, 0.2) is 0 Å². The monoisotopic (exact) mass is 254 g/mol. The zero-order valence-electron chi connectivity index (χ0n) is 11.6. The van der Waals surface area contributed by atoms with Gasteiger partial charge in [0, 0.05) is 26.2 Å². The Balaban J connectivity index is 1.88. The maximum Gasteiger partial charge on any atom is 0.227 e. The molecule has 1 aliphatic heterocycles. The van der Waals surface area contributed by atoms with Crippen LogP contribution in [0, 0.1) is 11.8 Å². The van der Waals surface area contributed by atoms with E-state index in [1.165, 1.54) is 0 Å². The van der Waals surface area contributed by atoms with E-state index in [0.29, 0.717) is 5.92 Å². The molecule has 4 atom stereocenters. The summed E-state index contributed by atoms with van der Waals surface area (Å²) in [6.07, 6.45) is 5.65. The molecule has 4 nitrogen and oxygen atoms in total. The Hall–Kier alpha value is -0.610. The van der Waals surface area contributed by atoms with E-state index in [9.17, 15) is 4.79 Å². The van der Waals surface area contributed by atoms with Gasteiger partial charge in [-0.1, -0.05) is 13.3 Å². The summed E-state index contributed by atoms with van der Waals surface area (Å²) in [5.74, 6) is 0.688. The second-order valence-electron chi connectivity index (χ2n) is 5.95. The van der Waals surface area contributed by atoms with Gasteiger partial charge in [-0.05, 0) is 31.6 Å². The van der Waals surface area contributed by atoms with E-state index in [1.807, 2.05) is 11.9 Å². The SMILES string of the molecule is CC1CCCC(C(=O)N(C)CC2CCCO2)C1N. The van der Waals surface area contributed by atoms with Crippen molar-refractivity contribution in [1.29, 1.82) is 0 Å². The van der Waals surface area contributed by atoms with Crippen molar-refractivity contribution in [3.63, 3.8) is 0 Å². The number of carbonyl (C=O) groups excluding carboxylic acids is 1. The van der Waals surface area contributed by atoms with Gasteiger partial charge in [0.15, 0.2) is 0 Å². The van der Waals surface area contributed by atoms with E-state index in [0.717, 1.165) is 45.3 Å². The van der Waals surface area contributed by atoms with Gasteiger partial charge in [-0.2, -0.15) is 0 Å². The van der Waals surface area contributed by atoms with Crippen molar-refractivity contribution in [2.45, 2.75) is 51.2 Å². The number of rotatable bonds is 3. The minimum atomic E-state index is 0.0140. The van der Waals surface area contributed by atoms with E-state index in [1.54, 1.807) is 0 Å². The van der Waals surface area contributed by atoms with Crippen molar-refractivity contribution in [2.75, 3.05) is 20.2 Å². The molecular formula is C14H26N2O2. The predicted molar refractivity (Wildman–Crippen MR) is 71.1 cm³/mol. The first kappa shape index (κ1) is 13.8. The summed E-state index contributed by atoms with van der Waals surface area (Å²) in [6, 6.07) is 0.0261. The predicted octanol–water partition coefficient (Wildman–Crippen LogP) is 1.39. The maximum atomic E-state index is 12.4. The average Bonchev–Trinajstić information content (AvgIpc) is 2.84. The standard InChI is InChI=1S/C14H26N2O2/c1-10-5-3-7-12(13(10)15)14(17)16(2)9-11-6-4-8-18-11/h10-13H,3-9,15H2,1-2H3. The largest absolute Gasteiger partial charge is 0.376 e. The Bertz CT molecular complexity index is 290. The summed E-state index contributed by atoms with van der Waals surface area (Å²) in [6.45, 7) is 3.72. The summed E-state index contributed by atoms with van der Waals surface area (Å²) in [5, 5.41) is 0. The van der Waals surface area contributed by atoms with E-state index >= 15 is 0 Å². The van der Waals surface area contributed by atoms with Crippen LogP contribution in [0.5, 0.6) is 0 Å². The lowest BCUT2D eigenvalue weighted by Crippen LogP contribution is -2.49. The smallest absolute Gasteiger partial charge is 0.227 e. The van der Waals surface area contributed by atoms with Crippen molar-refractivity contribution in [2.24, 2.45) is 17.6 Å². The number of ether oxygens (including phenoxy) is 1. The van der Waals surface area contributed by atoms with E-state index in [2.05, 4.69) is 6.92 Å². The number of hydrogen-bond donors (Lipinski definition) is 1. The first-order valence-electron chi connectivity index (χ1n) is 7.21. The fraction of sp³-hybridized carbons (Fsp3) is 0.929. The third kappa shape index (κ3) is 3.04. The van der Waals surface area contributed by atoms with Crippen LogP contribution >= 0.6 is 0 Å². The van der Waals surface area contributed by atoms with Gasteiger partial charge in [0.05, 0.1) is 12.0 Å². The van der Waals surface area contributed by atoms with Gasteiger partial charge < -0.3 is 15.4 Å². The Morgan fingerprint density at radius 2 is 2.11 bits per heavy atom. The van der Waals surface area contributed by atoms with Crippen molar-refractivity contribution in [3.8, 4) is 0 Å². The number of hydrogen-bond acceptors (Lipinski definition) is 3. The van der Waals surface area contributed by atoms with Crippen molar-refractivity contribution in [1.82, 2.24) is 4.90 Å². The zero-order chi connectivity index (χ0) is 13.1. The summed E-state index contributed by atoms with van der Waals surface area (Å²) >= 11 is 0. The molecule has 2 N–H and O–H groups in total. The molecule has 0 bridgehead atoms. The number of likely N-dealkylation sites (N-methyl/N-ethyl adjacent to an activating group) is 1. The van der Waals surface area contributed by atoms with E-state index < -0.39 is 0 Å². The molecule has 0 aromatic carbocycles. The highest BCUT2D eigenvalue weighted by Crippen LogP contribution is 2.29. The minimum Gasteiger partial charge on any atom is -0.376 e. The average molecular weight is 254 g/mol. The van der Waals surface area contributed by atoms with Crippen LogP contribution in [0.25, 0.3) is 0 Å². The molecule has 0 aromatic rings. The van der Waals surface area contributed by atoms with Crippen molar-refractivity contribution >= 4 is 5.91 Å². The molecule has 2 aliphatic rings. The molecule has 0 radical (unpaired) electrons. The van der Waals surface area contributed by atoms with Gasteiger partial charge >= 0.3 is 0 Å². The molecule has 2 rings (SSSR count). The van der Waals surface area contributed by atoms with Crippen LogP contribution in [-0.4, -0.2) is 43.2 Å². The number of carbonyl (C=O) groups is 1. The van der Waals surface area contributed by atoms with Crippen LogP contribution in [0.4, 0.5) is 0 Å². The number of amides is 1. The molecular weight excluding hydrogens is 228 g/mol. The first-order valence-corrected chi connectivity index (χ1v) is 7.21. The van der Waals surface area contributed by atoms with Crippen LogP contribution < -0.4 is 5.73 Å². The van der Waals surface area contributed by atoms with Crippen molar-refractivity contribution < 1.29 is 9.53 Å². The summed E-state index contributed by atoms with van der Waals surface area (Å²) in [5.41, 5.74) is 6.19. The molecule has 18 heavy (non-hydrogen) atoms. The Labute approximate surface area is 110 Å². The van der Waals surface area contributed by atoms with Gasteiger partial charge in [-0.15, -0.1) is 0 Å². The summed E-state index contributed by atoms with van der Waals surface area (Å²) < 4.78 is 5.58. The first-order chi connectivity index (χ1) is 8.59. The molecule has 1 saturated heterocycles. The maximum absolute atomic E-state index is 12.4. The molecule has 2 fully saturated rings. The van der Waals surface area contributed by atoms with Gasteiger partial charge in [0.2, 0.25) is 5.91 Å². The highest BCUT2D eigenvalue weighted by Gasteiger charge is 2.35. The highest BCUT2D eigenvalue weighted by molar-refractivity contribution is 5.79. The summed E-state index contributed by atoms with van der Waals surface area (Å²) in [7, 11) is 1.88. The lowest BCUT2D eigenvalue weighted by molar-refractivity contribution is -0.137. The van der Waals surface area contributed by atoms with Gasteiger partial charge in [0.1, 0.15) is 0 Å². The fourth-order valence-corrected chi connectivity index (χ4v) is 3.20. The number of nitrogens with two attached hydrogens (primary N) is 1. The second kappa shape index (κ2) is 6.02. The molecule has 0 spiro atoms. The van der Waals surface area contributed by atoms with Gasteiger partial charge in [-0.25, -0.2) is 0 Å². The Morgan fingerprint density at radius 3 is 2.78 bits per heavy atom. The third-order valence-electron chi connectivity index (χ3n) is 4.49. The normalized spacial score (nSPS) is 36.6. The molecule has 0 aromatic heterocycles. The molecule has 4 heteroatoms. The fourth-order valence-electron chi connectivity index (χ4n) is 3.20. The van der Waals surface area contributed by atoms with E-state index in [4.69, 9.17) is 10.5 Å². The van der Waals surface area contributed by atoms with Crippen molar-refractivity contribution in [3.05, 3.63) is 0 Å².